The summed E-state index contributed by atoms with van der Waals surface area (Å²) in [6.45, 7) is 4.76. The summed E-state index contributed by atoms with van der Waals surface area (Å²) in [6.07, 6.45) is 7.72. The first-order valence-electron chi connectivity index (χ1n) is 16.6. The van der Waals surface area contributed by atoms with Gasteiger partial charge in [-0.15, -0.1) is 0 Å². The van der Waals surface area contributed by atoms with Crippen molar-refractivity contribution in [3.63, 3.8) is 0 Å². The topological polar surface area (TPSA) is 19.4 Å². The number of fused-ring (bicyclic) bond motifs is 9. The second kappa shape index (κ2) is 9.67. The third kappa shape index (κ3) is 3.65. The predicted molar refractivity (Wildman–Crippen MR) is 197 cm³/mol. The number of para-hydroxylation sites is 1. The fourth-order valence-electron chi connectivity index (χ4n) is 8.56. The van der Waals surface area contributed by atoms with Gasteiger partial charge in [-0.1, -0.05) is 117 Å². The Morgan fingerprint density at radius 2 is 1.40 bits per heavy atom. The first-order chi connectivity index (χ1) is 23.1. The molecule has 1 aromatic heterocycles. The molecule has 3 aliphatic rings. The van der Waals surface area contributed by atoms with Crippen molar-refractivity contribution < 1.29 is 0 Å². The molecule has 0 amide bonds. The molecular formula is C44H33N3. The van der Waals surface area contributed by atoms with Gasteiger partial charge in [0, 0.05) is 51.1 Å². The molecule has 0 saturated carbocycles. The molecule has 0 N–H and O–H groups in total. The third-order valence-corrected chi connectivity index (χ3v) is 10.7. The highest BCUT2D eigenvalue weighted by molar-refractivity contribution is 6.15. The second-order valence-electron chi connectivity index (χ2n) is 13.6. The monoisotopic (exact) mass is 603 g/mol. The summed E-state index contributed by atoms with van der Waals surface area (Å²) in [6, 6.07) is 46.6. The Morgan fingerprint density at radius 3 is 2.28 bits per heavy atom. The maximum Gasteiger partial charge on any atom is 0.145 e. The number of hydrogen-bond donors (Lipinski definition) is 0. The average molecular weight is 604 g/mol. The molecule has 2 aliphatic heterocycles. The molecular weight excluding hydrogens is 571 g/mol. The number of rotatable bonds is 3. The highest BCUT2D eigenvalue weighted by Gasteiger charge is 2.46. The van der Waals surface area contributed by atoms with Crippen LogP contribution in [-0.2, 0) is 5.41 Å². The van der Waals surface area contributed by atoms with Gasteiger partial charge in [-0.3, -0.25) is 4.90 Å². The normalized spacial score (nSPS) is 17.2. The Bertz CT molecular complexity index is 2500. The fraction of sp³-hybridized carbons (Fsp3) is 0.114. The van der Waals surface area contributed by atoms with E-state index in [2.05, 4.69) is 163 Å². The van der Waals surface area contributed by atoms with Gasteiger partial charge in [-0.05, 0) is 81.1 Å². The van der Waals surface area contributed by atoms with Gasteiger partial charge < -0.3 is 4.90 Å². The molecule has 1 atom stereocenters. The molecule has 3 nitrogen and oxygen atoms in total. The fourth-order valence-corrected chi connectivity index (χ4v) is 8.56. The van der Waals surface area contributed by atoms with E-state index in [9.17, 15) is 0 Å². The van der Waals surface area contributed by atoms with Crippen molar-refractivity contribution in [2.45, 2.75) is 31.6 Å². The van der Waals surface area contributed by atoms with E-state index in [1.54, 1.807) is 0 Å². The van der Waals surface area contributed by atoms with E-state index in [0.717, 1.165) is 29.0 Å². The van der Waals surface area contributed by atoms with Gasteiger partial charge in [0.25, 0.3) is 0 Å². The number of anilines is 5. The second-order valence-corrected chi connectivity index (χ2v) is 13.6. The molecule has 0 fully saturated rings. The average Bonchev–Trinajstić information content (AvgIpc) is 3.45. The molecule has 0 radical (unpaired) electrons. The van der Waals surface area contributed by atoms with E-state index in [0.29, 0.717) is 5.92 Å². The van der Waals surface area contributed by atoms with Crippen molar-refractivity contribution in [3.05, 3.63) is 168 Å². The van der Waals surface area contributed by atoms with E-state index in [4.69, 9.17) is 4.98 Å². The van der Waals surface area contributed by atoms with Crippen LogP contribution in [0, 0.1) is 0 Å². The largest absolute Gasteiger partial charge is 0.313 e. The minimum Gasteiger partial charge on any atom is -0.313 e. The van der Waals surface area contributed by atoms with Gasteiger partial charge in [0.2, 0.25) is 0 Å². The number of benzene rings is 6. The van der Waals surface area contributed by atoms with Crippen LogP contribution in [0.5, 0.6) is 0 Å². The van der Waals surface area contributed by atoms with Crippen LogP contribution in [-0.4, -0.2) is 4.98 Å². The quantitative estimate of drug-likeness (QED) is 0.187. The van der Waals surface area contributed by atoms with Crippen LogP contribution in [0.4, 0.5) is 28.6 Å². The Hall–Kier alpha value is -5.67. The van der Waals surface area contributed by atoms with Crippen LogP contribution >= 0.6 is 0 Å². The van der Waals surface area contributed by atoms with Gasteiger partial charge in [0.1, 0.15) is 5.82 Å². The minimum absolute atomic E-state index is 0.0641. The van der Waals surface area contributed by atoms with Gasteiger partial charge in [0.05, 0.1) is 5.69 Å². The summed E-state index contributed by atoms with van der Waals surface area (Å²) >= 11 is 0. The maximum atomic E-state index is 5.12. The summed E-state index contributed by atoms with van der Waals surface area (Å²) in [4.78, 5) is 10.1. The molecule has 7 aromatic rings. The first kappa shape index (κ1) is 26.5. The molecule has 3 heteroatoms. The molecule has 1 aliphatic carbocycles. The summed E-state index contributed by atoms with van der Waals surface area (Å²) in [5.74, 6) is 1.24. The number of nitrogens with zero attached hydrogens (tertiary/aromatic N) is 3. The van der Waals surface area contributed by atoms with Crippen LogP contribution in [0.3, 0.4) is 0 Å². The molecule has 47 heavy (non-hydrogen) atoms. The molecule has 0 bridgehead atoms. The van der Waals surface area contributed by atoms with E-state index < -0.39 is 0 Å². The number of allylic oxidation sites excluding steroid dienone is 4. The standard InChI is InChI=1S/C44H33N3/c1-44(2)37-19-9-10-21-40(37)47-39-23-22-30(27-36(39)35-18-11-20-38(44)42(35)47)46(43-32-15-6-3-12-28(32)24-25-45-43)41-26-29-13-4-5-14-31(29)33-16-7-8-17-34(33)41/h3-17,19-27,35H,18H2,1-2H3. The zero-order valence-corrected chi connectivity index (χ0v) is 26.5. The number of aromatic nitrogens is 1. The van der Waals surface area contributed by atoms with Crippen LogP contribution in [0.15, 0.2) is 157 Å². The molecule has 3 heterocycles. The Labute approximate surface area is 274 Å². The van der Waals surface area contributed by atoms with Crippen molar-refractivity contribution in [1.82, 2.24) is 4.98 Å². The van der Waals surface area contributed by atoms with Crippen molar-refractivity contribution in [2.75, 3.05) is 9.80 Å². The molecule has 224 valence electrons. The summed E-state index contributed by atoms with van der Waals surface area (Å²) in [5.41, 5.74) is 10.4. The van der Waals surface area contributed by atoms with Crippen molar-refractivity contribution in [2.24, 2.45) is 0 Å². The lowest BCUT2D eigenvalue weighted by Gasteiger charge is -2.42. The van der Waals surface area contributed by atoms with E-state index in [1.165, 1.54) is 60.7 Å². The lowest BCUT2D eigenvalue weighted by molar-refractivity contribution is 0.598. The van der Waals surface area contributed by atoms with Crippen LogP contribution < -0.4 is 9.80 Å². The molecule has 1 unspecified atom stereocenters. The van der Waals surface area contributed by atoms with Crippen LogP contribution in [0.25, 0.3) is 32.3 Å². The smallest absolute Gasteiger partial charge is 0.145 e. The van der Waals surface area contributed by atoms with Crippen molar-refractivity contribution in [1.29, 1.82) is 0 Å². The summed E-state index contributed by atoms with van der Waals surface area (Å²) in [5, 5.41) is 7.24. The Kier molecular flexibility index (Phi) is 5.46. The highest BCUT2D eigenvalue weighted by Crippen LogP contribution is 2.60. The molecule has 0 saturated heterocycles. The van der Waals surface area contributed by atoms with Crippen molar-refractivity contribution in [3.8, 4) is 0 Å². The lowest BCUT2D eigenvalue weighted by Crippen LogP contribution is -2.33. The third-order valence-electron chi connectivity index (χ3n) is 10.7. The predicted octanol–water partition coefficient (Wildman–Crippen LogP) is 11.8. The zero-order valence-electron chi connectivity index (χ0n) is 26.5. The Morgan fingerprint density at radius 1 is 0.681 bits per heavy atom. The van der Waals surface area contributed by atoms with Gasteiger partial charge in [-0.2, -0.15) is 0 Å². The van der Waals surface area contributed by atoms with Gasteiger partial charge in [0.15, 0.2) is 0 Å². The number of hydrogen-bond acceptors (Lipinski definition) is 3. The van der Waals surface area contributed by atoms with Gasteiger partial charge >= 0.3 is 0 Å². The van der Waals surface area contributed by atoms with Gasteiger partial charge in [-0.25, -0.2) is 4.98 Å². The van der Waals surface area contributed by atoms with Crippen molar-refractivity contribution >= 4 is 60.9 Å². The molecule has 6 aromatic carbocycles. The van der Waals surface area contributed by atoms with Crippen LogP contribution in [0.2, 0.25) is 0 Å². The zero-order chi connectivity index (χ0) is 31.3. The molecule has 10 rings (SSSR count). The van der Waals surface area contributed by atoms with E-state index in [-0.39, 0.29) is 5.41 Å². The number of pyridine rings is 1. The minimum atomic E-state index is -0.0641. The first-order valence-corrected chi connectivity index (χ1v) is 16.6. The highest BCUT2D eigenvalue weighted by atomic mass is 15.2. The summed E-state index contributed by atoms with van der Waals surface area (Å²) in [7, 11) is 0. The SMILES string of the molecule is CC1(C)C2=C3C(CC=C2)c2cc(N(c4nccc5ccccc45)c4cc5ccccc5c5ccccc45)ccc2N3c2ccccc21. The van der Waals surface area contributed by atoms with E-state index >= 15 is 0 Å². The molecule has 0 spiro atoms. The summed E-state index contributed by atoms with van der Waals surface area (Å²) < 4.78 is 0. The van der Waals surface area contributed by atoms with Crippen LogP contribution in [0.1, 0.15) is 37.3 Å². The maximum absolute atomic E-state index is 5.12. The Balaban J connectivity index is 1.26. The van der Waals surface area contributed by atoms with E-state index in [1.807, 2.05) is 6.20 Å². The lowest BCUT2D eigenvalue weighted by atomic mass is 9.70.